The van der Waals surface area contributed by atoms with E-state index in [0.29, 0.717) is 6.61 Å². The molecule has 3 nitrogen and oxygen atoms in total. The lowest BCUT2D eigenvalue weighted by molar-refractivity contribution is -0.000111. The molecule has 1 aliphatic heterocycles. The van der Waals surface area contributed by atoms with Gasteiger partial charge in [-0.1, -0.05) is 6.07 Å². The van der Waals surface area contributed by atoms with Crippen molar-refractivity contribution in [3.8, 4) is 5.75 Å². The van der Waals surface area contributed by atoms with Gasteiger partial charge in [0, 0.05) is 13.1 Å². The number of hydrogen-bond donors (Lipinski definition) is 1. The third kappa shape index (κ3) is 3.20. The number of benzene rings is 1. The van der Waals surface area contributed by atoms with Gasteiger partial charge in [0.25, 0.3) is 0 Å². The highest BCUT2D eigenvalue weighted by Gasteiger charge is 2.15. The molecule has 1 atom stereocenters. The fourth-order valence-electron chi connectivity index (χ4n) is 1.52. The van der Waals surface area contributed by atoms with Gasteiger partial charge in [0.05, 0.1) is 15.6 Å². The summed E-state index contributed by atoms with van der Waals surface area (Å²) in [4.78, 5) is 0. The second-order valence-corrected chi connectivity index (χ2v) is 5.27. The van der Waals surface area contributed by atoms with Crippen LogP contribution in [-0.4, -0.2) is 32.4 Å². The summed E-state index contributed by atoms with van der Waals surface area (Å²) in [5.74, 6) is 0.830. The summed E-state index contributed by atoms with van der Waals surface area (Å²) in [6.07, 6.45) is 0.132. The molecular weight excluding hydrogens is 338 g/mol. The minimum atomic E-state index is 0.132. The van der Waals surface area contributed by atoms with Crippen LogP contribution in [0, 0.1) is 0 Å². The standard InChI is InChI=1S/C11H13Br2NO2/c12-9-2-1-3-10(13)11(9)16-7-8-6-14-4-5-15-8/h1-3,8,14H,4-7H2. The summed E-state index contributed by atoms with van der Waals surface area (Å²) in [6, 6.07) is 5.87. The summed E-state index contributed by atoms with van der Waals surface area (Å²) in [6.45, 7) is 3.09. The third-order valence-corrected chi connectivity index (χ3v) is 3.59. The lowest BCUT2D eigenvalue weighted by atomic mass is 10.3. The molecule has 1 aromatic rings. The number of nitrogens with one attached hydrogen (secondary N) is 1. The summed E-state index contributed by atoms with van der Waals surface area (Å²) in [7, 11) is 0. The predicted molar refractivity (Wildman–Crippen MR) is 69.9 cm³/mol. The van der Waals surface area contributed by atoms with Gasteiger partial charge >= 0.3 is 0 Å². The summed E-state index contributed by atoms with van der Waals surface area (Å²) in [5, 5.41) is 3.27. The van der Waals surface area contributed by atoms with Gasteiger partial charge in [-0.25, -0.2) is 0 Å². The van der Waals surface area contributed by atoms with Crippen molar-refractivity contribution in [3.05, 3.63) is 27.1 Å². The smallest absolute Gasteiger partial charge is 0.147 e. The van der Waals surface area contributed by atoms with E-state index in [-0.39, 0.29) is 6.10 Å². The third-order valence-electron chi connectivity index (χ3n) is 2.34. The molecule has 0 aliphatic carbocycles. The Kier molecular flexibility index (Phi) is 4.64. The maximum absolute atomic E-state index is 5.75. The van der Waals surface area contributed by atoms with E-state index in [0.717, 1.165) is 34.4 Å². The molecule has 2 rings (SSSR count). The fourth-order valence-corrected chi connectivity index (χ4v) is 2.75. The second-order valence-electron chi connectivity index (χ2n) is 3.56. The average molecular weight is 351 g/mol. The molecule has 0 radical (unpaired) electrons. The Morgan fingerprint density at radius 1 is 1.38 bits per heavy atom. The summed E-state index contributed by atoms with van der Waals surface area (Å²) >= 11 is 6.92. The molecular formula is C11H13Br2NO2. The van der Waals surface area contributed by atoms with Crippen LogP contribution in [0.1, 0.15) is 0 Å². The van der Waals surface area contributed by atoms with Crippen molar-refractivity contribution in [3.63, 3.8) is 0 Å². The maximum Gasteiger partial charge on any atom is 0.147 e. The number of morpholine rings is 1. The molecule has 0 aromatic heterocycles. The Morgan fingerprint density at radius 3 is 2.75 bits per heavy atom. The zero-order valence-corrected chi connectivity index (χ0v) is 11.9. The van der Waals surface area contributed by atoms with Gasteiger partial charge in [-0.15, -0.1) is 0 Å². The highest BCUT2D eigenvalue weighted by Crippen LogP contribution is 2.33. The Hall–Kier alpha value is -0.100. The summed E-state index contributed by atoms with van der Waals surface area (Å²) in [5.41, 5.74) is 0. The van der Waals surface area contributed by atoms with Gasteiger partial charge in [-0.05, 0) is 44.0 Å². The molecule has 1 fully saturated rings. The first kappa shape index (κ1) is 12.4. The maximum atomic E-state index is 5.75. The largest absolute Gasteiger partial charge is 0.488 e. The van der Waals surface area contributed by atoms with Crippen LogP contribution in [0.2, 0.25) is 0 Å². The first-order valence-electron chi connectivity index (χ1n) is 5.16. The Morgan fingerprint density at radius 2 is 2.12 bits per heavy atom. The average Bonchev–Trinajstić information content (AvgIpc) is 2.30. The molecule has 0 amide bonds. The molecule has 1 aromatic carbocycles. The molecule has 5 heteroatoms. The normalized spacial score (nSPS) is 20.8. The van der Waals surface area contributed by atoms with Gasteiger partial charge < -0.3 is 14.8 Å². The Labute approximate surface area is 112 Å². The molecule has 16 heavy (non-hydrogen) atoms. The van der Waals surface area contributed by atoms with Crippen LogP contribution in [0.5, 0.6) is 5.75 Å². The van der Waals surface area contributed by atoms with Crippen LogP contribution < -0.4 is 10.1 Å². The van der Waals surface area contributed by atoms with Crippen LogP contribution in [-0.2, 0) is 4.74 Å². The van der Waals surface area contributed by atoms with Crippen LogP contribution >= 0.6 is 31.9 Å². The van der Waals surface area contributed by atoms with Gasteiger partial charge in [0.15, 0.2) is 0 Å². The molecule has 1 N–H and O–H groups in total. The molecule has 1 unspecified atom stereocenters. The van der Waals surface area contributed by atoms with E-state index in [1.54, 1.807) is 0 Å². The molecule has 88 valence electrons. The lowest BCUT2D eigenvalue weighted by Gasteiger charge is -2.24. The molecule has 1 heterocycles. The van der Waals surface area contributed by atoms with Crippen molar-refractivity contribution < 1.29 is 9.47 Å². The molecule has 0 bridgehead atoms. The van der Waals surface area contributed by atoms with Crippen LogP contribution in [0.15, 0.2) is 27.1 Å². The van der Waals surface area contributed by atoms with E-state index >= 15 is 0 Å². The predicted octanol–water partition coefficient (Wildman–Crippen LogP) is 2.58. The molecule has 0 spiro atoms. The highest BCUT2D eigenvalue weighted by molar-refractivity contribution is 9.11. The molecule has 1 saturated heterocycles. The van der Waals surface area contributed by atoms with Crippen LogP contribution in [0.3, 0.4) is 0 Å². The first-order chi connectivity index (χ1) is 7.77. The van der Waals surface area contributed by atoms with Crippen molar-refractivity contribution in [1.82, 2.24) is 5.32 Å². The van der Waals surface area contributed by atoms with Crippen molar-refractivity contribution in [2.75, 3.05) is 26.3 Å². The van der Waals surface area contributed by atoms with Crippen molar-refractivity contribution >= 4 is 31.9 Å². The van der Waals surface area contributed by atoms with Crippen LogP contribution in [0.4, 0.5) is 0 Å². The van der Waals surface area contributed by atoms with E-state index in [9.17, 15) is 0 Å². The zero-order chi connectivity index (χ0) is 11.4. The molecule has 0 saturated carbocycles. The Bertz CT molecular complexity index is 334. The number of halogens is 2. The SMILES string of the molecule is Brc1cccc(Br)c1OCC1CNCCO1. The fraction of sp³-hybridized carbons (Fsp3) is 0.455. The van der Waals surface area contributed by atoms with Crippen LogP contribution in [0.25, 0.3) is 0 Å². The van der Waals surface area contributed by atoms with E-state index in [2.05, 4.69) is 37.2 Å². The van der Waals surface area contributed by atoms with Gasteiger partial charge in [-0.2, -0.15) is 0 Å². The first-order valence-corrected chi connectivity index (χ1v) is 6.75. The van der Waals surface area contributed by atoms with Gasteiger partial charge in [-0.3, -0.25) is 0 Å². The van der Waals surface area contributed by atoms with E-state index < -0.39 is 0 Å². The number of para-hydroxylation sites is 1. The van der Waals surface area contributed by atoms with E-state index in [4.69, 9.17) is 9.47 Å². The van der Waals surface area contributed by atoms with Gasteiger partial charge in [0.1, 0.15) is 18.5 Å². The quantitative estimate of drug-likeness (QED) is 0.908. The number of ether oxygens (including phenoxy) is 2. The summed E-state index contributed by atoms with van der Waals surface area (Å²) < 4.78 is 13.2. The minimum absolute atomic E-state index is 0.132. The van der Waals surface area contributed by atoms with E-state index in [1.165, 1.54) is 0 Å². The van der Waals surface area contributed by atoms with Crippen molar-refractivity contribution in [2.24, 2.45) is 0 Å². The number of rotatable bonds is 3. The van der Waals surface area contributed by atoms with E-state index in [1.807, 2.05) is 18.2 Å². The topological polar surface area (TPSA) is 30.5 Å². The highest BCUT2D eigenvalue weighted by atomic mass is 79.9. The van der Waals surface area contributed by atoms with Gasteiger partial charge in [0.2, 0.25) is 0 Å². The Balaban J connectivity index is 1.93. The van der Waals surface area contributed by atoms with Crippen molar-refractivity contribution in [2.45, 2.75) is 6.10 Å². The zero-order valence-electron chi connectivity index (χ0n) is 8.71. The minimum Gasteiger partial charge on any atom is -0.488 e. The number of hydrogen-bond acceptors (Lipinski definition) is 3. The monoisotopic (exact) mass is 349 g/mol. The second kappa shape index (κ2) is 6.00. The lowest BCUT2D eigenvalue weighted by Crippen LogP contribution is -2.41. The van der Waals surface area contributed by atoms with Crippen molar-refractivity contribution in [1.29, 1.82) is 0 Å². The molecule has 1 aliphatic rings.